The zero-order valence-corrected chi connectivity index (χ0v) is 11.6. The third kappa shape index (κ3) is 5.72. The number of hydrogen-bond acceptors (Lipinski definition) is 4. The lowest BCUT2D eigenvalue weighted by Crippen LogP contribution is -2.38. The second-order valence-electron chi connectivity index (χ2n) is 4.40. The Labute approximate surface area is 113 Å². The Kier molecular flexibility index (Phi) is 6.32. The van der Waals surface area contributed by atoms with Gasteiger partial charge in [-0.15, -0.1) is 0 Å². The van der Waals surface area contributed by atoms with E-state index < -0.39 is 12.2 Å². The summed E-state index contributed by atoms with van der Waals surface area (Å²) in [4.78, 5) is 11.6. The van der Waals surface area contributed by atoms with Gasteiger partial charge in [-0.2, -0.15) is 0 Å². The third-order valence-electron chi connectivity index (χ3n) is 2.58. The first-order chi connectivity index (χ1) is 9.02. The molecule has 106 valence electrons. The fourth-order valence-electron chi connectivity index (χ4n) is 1.45. The largest absolute Gasteiger partial charge is 0.497 e. The van der Waals surface area contributed by atoms with E-state index in [9.17, 15) is 4.79 Å². The maximum absolute atomic E-state index is 11.6. The lowest BCUT2D eigenvalue weighted by atomic mass is 10.2. The van der Waals surface area contributed by atoms with Crippen LogP contribution in [0.3, 0.4) is 0 Å². The summed E-state index contributed by atoms with van der Waals surface area (Å²) in [5.41, 5.74) is 0.939. The lowest BCUT2D eigenvalue weighted by Gasteiger charge is -2.14. The molecule has 0 saturated carbocycles. The molecule has 2 atom stereocenters. The Morgan fingerprint density at radius 2 is 2.16 bits per heavy atom. The number of ether oxygens (including phenoxy) is 2. The SMILES string of the molecule is COc1cccc(COC(C)C(=O)NCC(C)O)c1. The highest BCUT2D eigenvalue weighted by molar-refractivity contribution is 5.80. The normalized spacial score (nSPS) is 13.7. The van der Waals surface area contributed by atoms with Crippen LogP contribution >= 0.6 is 0 Å². The van der Waals surface area contributed by atoms with Crippen LogP contribution in [0.4, 0.5) is 0 Å². The Bertz CT molecular complexity index is 406. The molecule has 0 aliphatic rings. The van der Waals surface area contributed by atoms with Crippen molar-refractivity contribution in [2.75, 3.05) is 13.7 Å². The van der Waals surface area contributed by atoms with Crippen molar-refractivity contribution in [1.29, 1.82) is 0 Å². The quantitative estimate of drug-likeness (QED) is 0.776. The van der Waals surface area contributed by atoms with Crippen LogP contribution in [0.5, 0.6) is 5.75 Å². The van der Waals surface area contributed by atoms with E-state index in [1.54, 1.807) is 21.0 Å². The summed E-state index contributed by atoms with van der Waals surface area (Å²) in [5, 5.41) is 11.7. The molecule has 2 N–H and O–H groups in total. The molecule has 1 rings (SSSR count). The molecule has 5 nitrogen and oxygen atoms in total. The number of carbonyl (C=O) groups excluding carboxylic acids is 1. The van der Waals surface area contributed by atoms with Crippen molar-refractivity contribution in [1.82, 2.24) is 5.32 Å². The van der Waals surface area contributed by atoms with E-state index in [0.29, 0.717) is 6.61 Å². The van der Waals surface area contributed by atoms with E-state index in [1.165, 1.54) is 0 Å². The minimum absolute atomic E-state index is 0.228. The molecule has 0 saturated heterocycles. The van der Waals surface area contributed by atoms with Crippen molar-refractivity contribution in [3.8, 4) is 5.75 Å². The van der Waals surface area contributed by atoms with E-state index in [1.807, 2.05) is 24.3 Å². The van der Waals surface area contributed by atoms with Gasteiger partial charge in [-0.1, -0.05) is 12.1 Å². The minimum atomic E-state index is -0.565. The number of hydrogen-bond donors (Lipinski definition) is 2. The summed E-state index contributed by atoms with van der Waals surface area (Å²) in [7, 11) is 1.60. The molecule has 0 aliphatic carbocycles. The molecule has 0 fully saturated rings. The molecule has 0 spiro atoms. The number of carbonyl (C=O) groups is 1. The van der Waals surface area contributed by atoms with Crippen LogP contribution in [0, 0.1) is 0 Å². The monoisotopic (exact) mass is 267 g/mol. The fraction of sp³-hybridized carbons (Fsp3) is 0.500. The smallest absolute Gasteiger partial charge is 0.248 e. The summed E-state index contributed by atoms with van der Waals surface area (Å²) in [6, 6.07) is 7.49. The minimum Gasteiger partial charge on any atom is -0.497 e. The summed E-state index contributed by atoms with van der Waals surface area (Å²) in [6.45, 7) is 3.85. The zero-order chi connectivity index (χ0) is 14.3. The molecule has 0 heterocycles. The molecule has 0 radical (unpaired) electrons. The second-order valence-corrected chi connectivity index (χ2v) is 4.40. The number of nitrogens with one attached hydrogen (secondary N) is 1. The van der Waals surface area contributed by atoms with Gasteiger partial charge < -0.3 is 19.9 Å². The summed E-state index contributed by atoms with van der Waals surface area (Å²) >= 11 is 0. The van der Waals surface area contributed by atoms with E-state index in [2.05, 4.69) is 5.32 Å². The number of rotatable bonds is 7. The average molecular weight is 267 g/mol. The van der Waals surface area contributed by atoms with Crippen molar-refractivity contribution in [2.45, 2.75) is 32.7 Å². The predicted octanol–water partition coefficient (Wildman–Crippen LogP) is 1.10. The van der Waals surface area contributed by atoms with Crippen LogP contribution in [0.15, 0.2) is 24.3 Å². The molecular weight excluding hydrogens is 246 g/mol. The highest BCUT2D eigenvalue weighted by Gasteiger charge is 2.13. The number of amides is 1. The molecule has 1 aromatic carbocycles. The maximum Gasteiger partial charge on any atom is 0.248 e. The van der Waals surface area contributed by atoms with Crippen molar-refractivity contribution in [2.24, 2.45) is 0 Å². The van der Waals surface area contributed by atoms with Gasteiger partial charge in [0.25, 0.3) is 0 Å². The first-order valence-electron chi connectivity index (χ1n) is 6.23. The highest BCUT2D eigenvalue weighted by atomic mass is 16.5. The molecular formula is C14H21NO4. The first-order valence-corrected chi connectivity index (χ1v) is 6.23. The molecule has 1 aromatic rings. The second kappa shape index (κ2) is 7.76. The van der Waals surface area contributed by atoms with Gasteiger partial charge in [0.1, 0.15) is 11.9 Å². The van der Waals surface area contributed by atoms with Crippen molar-refractivity contribution >= 4 is 5.91 Å². The average Bonchev–Trinajstić information content (AvgIpc) is 2.42. The van der Waals surface area contributed by atoms with E-state index >= 15 is 0 Å². The van der Waals surface area contributed by atoms with Gasteiger partial charge in [-0.25, -0.2) is 0 Å². The number of aliphatic hydroxyl groups is 1. The molecule has 0 aromatic heterocycles. The molecule has 5 heteroatoms. The standard InChI is InChI=1S/C14H21NO4/c1-10(16)8-15-14(17)11(2)19-9-12-5-4-6-13(7-12)18-3/h4-7,10-11,16H,8-9H2,1-3H3,(H,15,17). The van der Waals surface area contributed by atoms with Gasteiger partial charge in [0, 0.05) is 6.54 Å². The van der Waals surface area contributed by atoms with Crippen molar-refractivity contribution in [3.63, 3.8) is 0 Å². The van der Waals surface area contributed by atoms with Crippen molar-refractivity contribution < 1.29 is 19.4 Å². The molecule has 0 aliphatic heterocycles. The number of methoxy groups -OCH3 is 1. The third-order valence-corrected chi connectivity index (χ3v) is 2.58. The Morgan fingerprint density at radius 3 is 2.79 bits per heavy atom. The summed E-state index contributed by atoms with van der Waals surface area (Å²) in [5.74, 6) is 0.524. The van der Waals surface area contributed by atoms with Gasteiger partial charge in [-0.3, -0.25) is 4.79 Å². The summed E-state index contributed by atoms with van der Waals surface area (Å²) in [6.07, 6.45) is -1.13. The predicted molar refractivity (Wildman–Crippen MR) is 71.9 cm³/mol. The highest BCUT2D eigenvalue weighted by Crippen LogP contribution is 2.13. The number of benzene rings is 1. The fourth-order valence-corrected chi connectivity index (χ4v) is 1.45. The Balaban J connectivity index is 2.40. The molecule has 19 heavy (non-hydrogen) atoms. The van der Waals surface area contributed by atoms with Crippen LogP contribution in [-0.2, 0) is 16.1 Å². The van der Waals surface area contributed by atoms with Gasteiger partial charge >= 0.3 is 0 Å². The molecule has 1 amide bonds. The zero-order valence-electron chi connectivity index (χ0n) is 11.6. The van der Waals surface area contributed by atoms with Crippen LogP contribution in [0.2, 0.25) is 0 Å². The van der Waals surface area contributed by atoms with Crippen LogP contribution in [-0.4, -0.2) is 36.9 Å². The van der Waals surface area contributed by atoms with E-state index in [-0.39, 0.29) is 12.5 Å². The Hall–Kier alpha value is -1.59. The topological polar surface area (TPSA) is 67.8 Å². The number of aliphatic hydroxyl groups excluding tert-OH is 1. The first kappa shape index (κ1) is 15.5. The van der Waals surface area contributed by atoms with Crippen LogP contribution in [0.1, 0.15) is 19.4 Å². The molecule has 2 unspecified atom stereocenters. The Morgan fingerprint density at radius 1 is 1.42 bits per heavy atom. The molecule has 0 bridgehead atoms. The van der Waals surface area contributed by atoms with E-state index in [4.69, 9.17) is 14.6 Å². The van der Waals surface area contributed by atoms with Crippen molar-refractivity contribution in [3.05, 3.63) is 29.8 Å². The van der Waals surface area contributed by atoms with Gasteiger partial charge in [0.15, 0.2) is 0 Å². The van der Waals surface area contributed by atoms with E-state index in [0.717, 1.165) is 11.3 Å². The maximum atomic E-state index is 11.6. The van der Waals surface area contributed by atoms with Gasteiger partial charge in [0.2, 0.25) is 5.91 Å². The van der Waals surface area contributed by atoms with Gasteiger partial charge in [-0.05, 0) is 31.5 Å². The van der Waals surface area contributed by atoms with Gasteiger partial charge in [0.05, 0.1) is 19.8 Å². The van der Waals surface area contributed by atoms with Crippen LogP contribution < -0.4 is 10.1 Å². The van der Waals surface area contributed by atoms with Crippen LogP contribution in [0.25, 0.3) is 0 Å². The summed E-state index contributed by atoms with van der Waals surface area (Å²) < 4.78 is 10.6. The lowest BCUT2D eigenvalue weighted by molar-refractivity contribution is -0.132.